The Labute approximate surface area is 130 Å². The van der Waals surface area contributed by atoms with E-state index in [-0.39, 0.29) is 13.0 Å². The zero-order valence-corrected chi connectivity index (χ0v) is 12.0. The number of benzene rings is 1. The maximum atomic E-state index is 14.3. The van der Waals surface area contributed by atoms with E-state index < -0.39 is 18.6 Å². The van der Waals surface area contributed by atoms with Crippen LogP contribution in [0.4, 0.5) is 8.78 Å². The minimum atomic E-state index is -2.96. The average Bonchev–Trinajstić information content (AvgIpc) is 2.98. The van der Waals surface area contributed by atoms with Crippen molar-refractivity contribution in [3.05, 3.63) is 36.3 Å². The molecule has 3 aromatic rings. The van der Waals surface area contributed by atoms with Gasteiger partial charge in [0, 0.05) is 12.0 Å². The summed E-state index contributed by atoms with van der Waals surface area (Å²) < 4.78 is 34.9. The number of imidazole rings is 1. The lowest BCUT2D eigenvalue weighted by Gasteiger charge is -2.32. The Morgan fingerprint density at radius 3 is 2.96 bits per heavy atom. The maximum absolute atomic E-state index is 14.3. The van der Waals surface area contributed by atoms with Crippen molar-refractivity contribution in [2.75, 3.05) is 13.2 Å². The molecule has 1 atom stereocenters. The molecule has 1 unspecified atom stereocenters. The maximum Gasteiger partial charge on any atom is 0.291 e. The molecule has 1 aliphatic heterocycles. The van der Waals surface area contributed by atoms with Crippen molar-refractivity contribution < 1.29 is 13.5 Å². The van der Waals surface area contributed by atoms with Gasteiger partial charge in [0.05, 0.1) is 35.2 Å². The van der Waals surface area contributed by atoms with Crippen LogP contribution in [0.25, 0.3) is 21.9 Å². The Kier molecular flexibility index (Phi) is 3.03. The molecule has 23 heavy (non-hydrogen) atoms. The topological polar surface area (TPSA) is 63.7 Å². The third kappa shape index (κ3) is 2.14. The lowest BCUT2D eigenvalue weighted by atomic mass is 10.0. The molecule has 0 saturated carbocycles. The van der Waals surface area contributed by atoms with Gasteiger partial charge in [0.15, 0.2) is 0 Å². The number of fused-ring (bicyclic) bond motifs is 3. The number of hydrogen-bond donors (Lipinski definition) is 0. The largest absolute Gasteiger partial charge is 0.375 e. The Hall–Kier alpha value is -2.59. The Bertz CT molecular complexity index is 944. The zero-order valence-electron chi connectivity index (χ0n) is 12.0. The van der Waals surface area contributed by atoms with Crippen molar-refractivity contribution in [2.24, 2.45) is 0 Å². The van der Waals surface area contributed by atoms with Crippen molar-refractivity contribution in [3.8, 4) is 6.07 Å². The summed E-state index contributed by atoms with van der Waals surface area (Å²) in [4.78, 5) is 8.49. The van der Waals surface area contributed by atoms with E-state index in [1.54, 1.807) is 24.4 Å². The normalized spacial score (nSPS) is 20.7. The molecule has 116 valence electrons. The van der Waals surface area contributed by atoms with E-state index >= 15 is 0 Å². The summed E-state index contributed by atoms with van der Waals surface area (Å²) in [6.07, 6.45) is 3.20. The van der Waals surface area contributed by atoms with Gasteiger partial charge in [0.1, 0.15) is 18.2 Å². The highest BCUT2D eigenvalue weighted by Crippen LogP contribution is 2.38. The summed E-state index contributed by atoms with van der Waals surface area (Å²) in [5.74, 6) is -2.96. The fraction of sp³-hybridized carbons (Fsp3) is 0.312. The molecular formula is C16H12F2N4O. The van der Waals surface area contributed by atoms with E-state index in [9.17, 15) is 8.78 Å². The van der Waals surface area contributed by atoms with Gasteiger partial charge >= 0.3 is 0 Å². The van der Waals surface area contributed by atoms with Gasteiger partial charge in [-0.15, -0.1) is 0 Å². The Balaban J connectivity index is 2.00. The lowest BCUT2D eigenvalue weighted by Crippen LogP contribution is -2.40. The van der Waals surface area contributed by atoms with Gasteiger partial charge in [-0.1, -0.05) is 0 Å². The SMILES string of the molecule is N#Cc1ccc2ncc3ncn(C4CCOCC4(F)F)c3c2c1. The predicted octanol–water partition coefficient (Wildman–Crippen LogP) is 3.05. The van der Waals surface area contributed by atoms with Gasteiger partial charge in [0.2, 0.25) is 0 Å². The van der Waals surface area contributed by atoms with Gasteiger partial charge in [-0.3, -0.25) is 4.98 Å². The molecular weight excluding hydrogens is 302 g/mol. The van der Waals surface area contributed by atoms with E-state index in [4.69, 9.17) is 10.00 Å². The van der Waals surface area contributed by atoms with Crippen molar-refractivity contribution in [3.63, 3.8) is 0 Å². The van der Waals surface area contributed by atoms with E-state index in [1.165, 1.54) is 10.9 Å². The summed E-state index contributed by atoms with van der Waals surface area (Å²) in [6.45, 7) is -0.309. The van der Waals surface area contributed by atoms with Crippen molar-refractivity contribution in [2.45, 2.75) is 18.4 Å². The third-order valence-corrected chi connectivity index (χ3v) is 4.18. The standard InChI is InChI=1S/C16H12F2N4O/c17-16(18)8-23-4-3-14(16)22-9-21-13-7-20-12-2-1-10(6-19)5-11(12)15(13)22/h1-2,5,7,9,14H,3-4,8H2. The fourth-order valence-electron chi connectivity index (χ4n) is 3.08. The smallest absolute Gasteiger partial charge is 0.291 e. The summed E-state index contributed by atoms with van der Waals surface area (Å²) in [6, 6.07) is 6.09. The average molecular weight is 314 g/mol. The van der Waals surface area contributed by atoms with E-state index in [2.05, 4.69) is 16.0 Å². The quantitative estimate of drug-likeness (QED) is 0.692. The Morgan fingerprint density at radius 1 is 1.30 bits per heavy atom. The van der Waals surface area contributed by atoms with Crippen molar-refractivity contribution in [1.82, 2.24) is 14.5 Å². The van der Waals surface area contributed by atoms with Gasteiger partial charge in [0.25, 0.3) is 5.92 Å². The minimum Gasteiger partial charge on any atom is -0.375 e. The molecule has 0 spiro atoms. The van der Waals surface area contributed by atoms with Gasteiger partial charge < -0.3 is 9.30 Å². The second kappa shape index (κ2) is 4.96. The number of nitriles is 1. The molecule has 2 aromatic heterocycles. The fourth-order valence-corrected chi connectivity index (χ4v) is 3.08. The first-order valence-electron chi connectivity index (χ1n) is 7.21. The molecule has 0 N–H and O–H groups in total. The van der Waals surface area contributed by atoms with Crippen LogP contribution < -0.4 is 0 Å². The molecule has 1 fully saturated rings. The number of ether oxygens (including phenoxy) is 1. The third-order valence-electron chi connectivity index (χ3n) is 4.18. The predicted molar refractivity (Wildman–Crippen MR) is 79.2 cm³/mol. The van der Waals surface area contributed by atoms with Crippen LogP contribution in [0, 0.1) is 11.3 Å². The van der Waals surface area contributed by atoms with Crippen molar-refractivity contribution in [1.29, 1.82) is 5.26 Å². The first-order valence-corrected chi connectivity index (χ1v) is 7.21. The number of halogens is 2. The minimum absolute atomic E-state index is 0.209. The zero-order chi connectivity index (χ0) is 16.0. The molecule has 1 aromatic carbocycles. The highest BCUT2D eigenvalue weighted by atomic mass is 19.3. The van der Waals surface area contributed by atoms with Gasteiger partial charge in [-0.05, 0) is 24.6 Å². The van der Waals surface area contributed by atoms with Crippen LogP contribution in [0.3, 0.4) is 0 Å². The molecule has 3 heterocycles. The van der Waals surface area contributed by atoms with Crippen LogP contribution >= 0.6 is 0 Å². The summed E-state index contributed by atoms with van der Waals surface area (Å²) in [5.41, 5.74) is 2.22. The number of alkyl halides is 2. The molecule has 7 heteroatoms. The monoisotopic (exact) mass is 314 g/mol. The second-order valence-electron chi connectivity index (χ2n) is 5.61. The second-order valence-corrected chi connectivity index (χ2v) is 5.61. The molecule has 5 nitrogen and oxygen atoms in total. The van der Waals surface area contributed by atoms with Crippen LogP contribution in [0.5, 0.6) is 0 Å². The van der Waals surface area contributed by atoms with Crippen molar-refractivity contribution >= 4 is 21.9 Å². The van der Waals surface area contributed by atoms with Crippen LogP contribution in [0.2, 0.25) is 0 Å². The number of aromatic nitrogens is 3. The molecule has 0 radical (unpaired) electrons. The highest BCUT2D eigenvalue weighted by molar-refractivity contribution is 6.02. The van der Waals surface area contributed by atoms with Gasteiger partial charge in [-0.25, -0.2) is 13.8 Å². The van der Waals surface area contributed by atoms with E-state index in [0.29, 0.717) is 27.5 Å². The molecule has 0 aliphatic carbocycles. The number of pyridine rings is 1. The first-order chi connectivity index (χ1) is 11.1. The molecule has 4 rings (SSSR count). The highest BCUT2D eigenvalue weighted by Gasteiger charge is 2.44. The molecule has 1 saturated heterocycles. The van der Waals surface area contributed by atoms with E-state index in [1.807, 2.05) is 0 Å². The summed E-state index contributed by atoms with van der Waals surface area (Å²) in [5, 5.41) is 9.75. The van der Waals surface area contributed by atoms with Gasteiger partial charge in [-0.2, -0.15) is 5.26 Å². The number of hydrogen-bond acceptors (Lipinski definition) is 4. The lowest BCUT2D eigenvalue weighted by molar-refractivity contribution is -0.146. The van der Waals surface area contributed by atoms with Crippen LogP contribution in [-0.2, 0) is 4.74 Å². The molecule has 1 aliphatic rings. The van der Waals surface area contributed by atoms with Crippen LogP contribution in [-0.4, -0.2) is 33.7 Å². The van der Waals surface area contributed by atoms with E-state index in [0.717, 1.165) is 0 Å². The number of rotatable bonds is 1. The van der Waals surface area contributed by atoms with Crippen LogP contribution in [0.1, 0.15) is 18.0 Å². The Morgan fingerprint density at radius 2 is 2.17 bits per heavy atom. The van der Waals surface area contributed by atoms with Crippen LogP contribution in [0.15, 0.2) is 30.7 Å². The molecule has 0 bridgehead atoms. The summed E-state index contributed by atoms with van der Waals surface area (Å²) in [7, 11) is 0. The number of nitrogens with zero attached hydrogens (tertiary/aromatic N) is 4. The molecule has 0 amide bonds. The summed E-state index contributed by atoms with van der Waals surface area (Å²) >= 11 is 0. The first kappa shape index (κ1) is 14.0.